The van der Waals surface area contributed by atoms with E-state index in [1.165, 1.54) is 6.92 Å². The van der Waals surface area contributed by atoms with Gasteiger partial charge in [-0.3, -0.25) is 9.59 Å². The number of carbonyl (C=O) groups excluding carboxylic acids is 1. The molecule has 0 radical (unpaired) electrons. The number of hydrogen-bond donors (Lipinski definition) is 2. The van der Waals surface area contributed by atoms with E-state index in [-0.39, 0.29) is 36.2 Å². The number of phenolic OH excluding ortho intramolecular Hbond substituents is 1. The summed E-state index contributed by atoms with van der Waals surface area (Å²) in [6.07, 6.45) is 0.167. The van der Waals surface area contributed by atoms with Crippen molar-refractivity contribution >= 4 is 11.8 Å². The fourth-order valence-electron chi connectivity index (χ4n) is 2.82. The van der Waals surface area contributed by atoms with E-state index in [2.05, 4.69) is 0 Å². The number of benzene rings is 2. The zero-order valence-corrected chi connectivity index (χ0v) is 13.7. The normalized spacial score (nSPS) is 15.3. The van der Waals surface area contributed by atoms with Crippen LogP contribution in [0.5, 0.6) is 17.2 Å². The number of ether oxygens (including phenoxy) is 2. The summed E-state index contributed by atoms with van der Waals surface area (Å²) in [5.74, 6) is 0.0812. The molecule has 2 aromatic carbocycles. The average Bonchev–Trinajstić information content (AvgIpc) is 2.98. The third kappa shape index (κ3) is 3.74. The highest BCUT2D eigenvalue weighted by molar-refractivity contribution is 5.97. The van der Waals surface area contributed by atoms with Crippen molar-refractivity contribution < 1.29 is 29.3 Å². The zero-order valence-electron chi connectivity index (χ0n) is 13.7. The van der Waals surface area contributed by atoms with Crippen molar-refractivity contribution in [1.29, 1.82) is 0 Å². The number of carboxylic acid groups (broad SMARTS) is 1. The highest BCUT2D eigenvalue weighted by atomic mass is 16.5. The lowest BCUT2D eigenvalue weighted by Gasteiger charge is -2.12. The summed E-state index contributed by atoms with van der Waals surface area (Å²) in [6.45, 7) is 1.69. The van der Waals surface area contributed by atoms with Gasteiger partial charge in [0.2, 0.25) is 0 Å². The maximum atomic E-state index is 11.5. The molecule has 3 rings (SSSR count). The minimum absolute atomic E-state index is 0.0227. The van der Waals surface area contributed by atoms with Crippen molar-refractivity contribution in [2.45, 2.75) is 25.9 Å². The van der Waals surface area contributed by atoms with Crippen molar-refractivity contribution in [1.82, 2.24) is 0 Å². The van der Waals surface area contributed by atoms with Gasteiger partial charge in [0.05, 0.1) is 12.0 Å². The van der Waals surface area contributed by atoms with E-state index in [4.69, 9.17) is 14.6 Å². The van der Waals surface area contributed by atoms with Gasteiger partial charge in [-0.1, -0.05) is 12.1 Å². The SMILES string of the molecule is CC(=O)c1ccc2c(c1O)CC(COc1ccc(CC(=O)O)cc1)O2. The van der Waals surface area contributed by atoms with Crippen molar-refractivity contribution in [2.75, 3.05) is 6.61 Å². The van der Waals surface area contributed by atoms with Crippen LogP contribution in [-0.4, -0.2) is 34.7 Å². The number of carboxylic acids is 1. The first kappa shape index (κ1) is 16.8. The van der Waals surface area contributed by atoms with Crippen LogP contribution in [-0.2, 0) is 17.6 Å². The van der Waals surface area contributed by atoms with Crippen molar-refractivity contribution in [3.63, 3.8) is 0 Å². The third-order valence-electron chi connectivity index (χ3n) is 4.06. The van der Waals surface area contributed by atoms with Gasteiger partial charge in [0.1, 0.15) is 30.0 Å². The Morgan fingerprint density at radius 2 is 1.92 bits per heavy atom. The summed E-state index contributed by atoms with van der Waals surface area (Å²) in [7, 11) is 0. The molecule has 0 saturated heterocycles. The first-order valence-electron chi connectivity index (χ1n) is 7.90. The standard InChI is InChI=1S/C19H18O6/c1-11(20)15-6-7-17-16(19(15)23)9-14(25-17)10-24-13-4-2-12(3-5-13)8-18(21)22/h2-7,14,23H,8-10H2,1H3,(H,21,22). The predicted octanol–water partition coefficient (Wildman–Crippen LogP) is 2.60. The summed E-state index contributed by atoms with van der Waals surface area (Å²) in [6, 6.07) is 10.1. The van der Waals surface area contributed by atoms with Gasteiger partial charge in [0.15, 0.2) is 5.78 Å². The molecule has 0 saturated carbocycles. The summed E-state index contributed by atoms with van der Waals surface area (Å²) in [4.78, 5) is 22.2. The molecule has 1 heterocycles. The lowest BCUT2D eigenvalue weighted by molar-refractivity contribution is -0.136. The zero-order chi connectivity index (χ0) is 18.0. The minimum Gasteiger partial charge on any atom is -0.507 e. The Hall–Kier alpha value is -3.02. The maximum absolute atomic E-state index is 11.5. The molecule has 0 amide bonds. The number of carbonyl (C=O) groups is 2. The lowest BCUT2D eigenvalue weighted by atomic mass is 10.0. The maximum Gasteiger partial charge on any atom is 0.307 e. The second-order valence-corrected chi connectivity index (χ2v) is 5.96. The molecule has 6 nitrogen and oxygen atoms in total. The van der Waals surface area contributed by atoms with Gasteiger partial charge in [-0.15, -0.1) is 0 Å². The first-order valence-corrected chi connectivity index (χ1v) is 7.90. The molecule has 1 atom stereocenters. The van der Waals surface area contributed by atoms with E-state index >= 15 is 0 Å². The molecule has 1 unspecified atom stereocenters. The molecule has 130 valence electrons. The Morgan fingerprint density at radius 1 is 1.20 bits per heavy atom. The fraction of sp³-hybridized carbons (Fsp3) is 0.263. The molecule has 0 aliphatic carbocycles. The number of ketones is 1. The molecule has 2 aromatic rings. The lowest BCUT2D eigenvalue weighted by Crippen LogP contribution is -2.22. The van der Waals surface area contributed by atoms with Crippen LogP contribution in [0.1, 0.15) is 28.4 Å². The van der Waals surface area contributed by atoms with Crippen molar-refractivity contribution in [2.24, 2.45) is 0 Å². The Kier molecular flexibility index (Phi) is 4.61. The third-order valence-corrected chi connectivity index (χ3v) is 4.06. The summed E-state index contributed by atoms with van der Waals surface area (Å²) in [5.41, 5.74) is 1.61. The number of fused-ring (bicyclic) bond motifs is 1. The Balaban J connectivity index is 1.61. The molecule has 6 heteroatoms. The van der Waals surface area contributed by atoms with E-state index in [1.807, 2.05) is 0 Å². The summed E-state index contributed by atoms with van der Waals surface area (Å²) < 4.78 is 11.4. The number of aliphatic carboxylic acids is 1. The molecule has 0 fully saturated rings. The van der Waals surface area contributed by atoms with Crippen LogP contribution in [0.15, 0.2) is 36.4 Å². The number of hydrogen-bond acceptors (Lipinski definition) is 5. The van der Waals surface area contributed by atoms with Crippen LogP contribution in [0.3, 0.4) is 0 Å². The predicted molar refractivity (Wildman–Crippen MR) is 89.5 cm³/mol. The van der Waals surface area contributed by atoms with E-state index < -0.39 is 5.97 Å². The smallest absolute Gasteiger partial charge is 0.307 e. The van der Waals surface area contributed by atoms with E-state index in [1.54, 1.807) is 36.4 Å². The van der Waals surface area contributed by atoms with Crippen LogP contribution < -0.4 is 9.47 Å². The van der Waals surface area contributed by atoms with Gasteiger partial charge < -0.3 is 19.7 Å². The first-order chi connectivity index (χ1) is 11.9. The summed E-state index contributed by atoms with van der Waals surface area (Å²) in [5, 5.41) is 19.0. The van der Waals surface area contributed by atoms with E-state index in [0.29, 0.717) is 29.0 Å². The fourth-order valence-corrected chi connectivity index (χ4v) is 2.82. The number of Topliss-reactive ketones (excluding diaryl/α,β-unsaturated/α-hetero) is 1. The van der Waals surface area contributed by atoms with Crippen LogP contribution in [0.25, 0.3) is 0 Å². The quantitative estimate of drug-likeness (QED) is 0.784. The molecular formula is C19H18O6. The van der Waals surface area contributed by atoms with Crippen molar-refractivity contribution in [3.8, 4) is 17.2 Å². The van der Waals surface area contributed by atoms with Crippen LogP contribution in [0.2, 0.25) is 0 Å². The number of phenols is 1. The minimum atomic E-state index is -0.879. The Bertz CT molecular complexity index is 809. The van der Waals surface area contributed by atoms with Gasteiger partial charge in [-0.25, -0.2) is 0 Å². The average molecular weight is 342 g/mol. The molecule has 0 bridgehead atoms. The molecule has 0 spiro atoms. The second-order valence-electron chi connectivity index (χ2n) is 5.96. The molecule has 25 heavy (non-hydrogen) atoms. The second kappa shape index (κ2) is 6.84. The van der Waals surface area contributed by atoms with E-state index in [9.17, 15) is 14.7 Å². The Labute approximate surface area is 144 Å². The van der Waals surface area contributed by atoms with Gasteiger partial charge in [0, 0.05) is 12.0 Å². The highest BCUT2D eigenvalue weighted by Gasteiger charge is 2.28. The molecular weight excluding hydrogens is 324 g/mol. The molecule has 1 aliphatic rings. The van der Waals surface area contributed by atoms with Gasteiger partial charge in [-0.2, -0.15) is 0 Å². The van der Waals surface area contributed by atoms with Crippen LogP contribution >= 0.6 is 0 Å². The van der Waals surface area contributed by atoms with Gasteiger partial charge in [-0.05, 0) is 36.8 Å². The van der Waals surface area contributed by atoms with Crippen LogP contribution in [0.4, 0.5) is 0 Å². The monoisotopic (exact) mass is 342 g/mol. The van der Waals surface area contributed by atoms with Crippen molar-refractivity contribution in [3.05, 3.63) is 53.1 Å². The molecule has 0 aromatic heterocycles. The number of aromatic hydroxyl groups is 1. The summed E-state index contributed by atoms with van der Waals surface area (Å²) >= 11 is 0. The largest absolute Gasteiger partial charge is 0.507 e. The number of rotatable bonds is 6. The molecule has 2 N–H and O–H groups in total. The highest BCUT2D eigenvalue weighted by Crippen LogP contribution is 2.38. The van der Waals surface area contributed by atoms with Crippen LogP contribution in [0, 0.1) is 0 Å². The van der Waals surface area contributed by atoms with Gasteiger partial charge in [0.25, 0.3) is 0 Å². The Morgan fingerprint density at radius 3 is 2.56 bits per heavy atom. The van der Waals surface area contributed by atoms with Gasteiger partial charge >= 0.3 is 5.97 Å². The molecule has 1 aliphatic heterocycles. The topological polar surface area (TPSA) is 93.1 Å². The van der Waals surface area contributed by atoms with E-state index in [0.717, 1.165) is 0 Å².